The third-order valence-corrected chi connectivity index (χ3v) is 12.9. The molecule has 0 spiro atoms. The van der Waals surface area contributed by atoms with E-state index >= 15 is 0 Å². The highest BCUT2D eigenvalue weighted by atomic mass is 16.3. The molecule has 2 aromatic carbocycles. The molecule has 1 aliphatic heterocycles. The topological polar surface area (TPSA) is 257 Å². The summed E-state index contributed by atoms with van der Waals surface area (Å²) in [5.74, 6) is -7.55. The summed E-state index contributed by atoms with van der Waals surface area (Å²) in [4.78, 5) is 120. The third-order valence-electron chi connectivity index (χ3n) is 12.9. The van der Waals surface area contributed by atoms with Crippen molar-refractivity contribution in [1.29, 1.82) is 0 Å². The molecule has 4 bridgehead atoms. The van der Waals surface area contributed by atoms with E-state index in [0.29, 0.717) is 12.0 Å². The molecule has 0 unspecified atom stereocenters. The predicted molar refractivity (Wildman–Crippen MR) is 260 cm³/mol. The largest absolute Gasteiger partial charge is 0.507 e. The minimum absolute atomic E-state index is 0.0839. The number of unbranched alkanes of at least 4 members (excludes halogenated alkanes) is 12. The summed E-state index contributed by atoms with van der Waals surface area (Å²) in [7, 11) is 2.78. The van der Waals surface area contributed by atoms with Gasteiger partial charge in [0.15, 0.2) is 17.3 Å². The van der Waals surface area contributed by atoms with Gasteiger partial charge in [0.05, 0.1) is 19.2 Å². The number of nitrogens with zero attached hydrogens (tertiary/aromatic N) is 2. The second-order valence-electron chi connectivity index (χ2n) is 18.5. The lowest BCUT2D eigenvalue weighted by molar-refractivity contribution is -0.142. The second kappa shape index (κ2) is 29.1. The van der Waals surface area contributed by atoms with E-state index in [1.165, 1.54) is 127 Å². The van der Waals surface area contributed by atoms with Gasteiger partial charge in [-0.15, -0.1) is 0 Å². The number of hydrogen-bond donors (Lipinski definition) is 6. The highest BCUT2D eigenvalue weighted by molar-refractivity contribution is 6.37. The van der Waals surface area contributed by atoms with Gasteiger partial charge in [-0.3, -0.25) is 43.2 Å². The van der Waals surface area contributed by atoms with E-state index in [0.717, 1.165) is 31.1 Å². The molecule has 17 nitrogen and oxygen atoms in total. The Morgan fingerprint density at radius 3 is 1.90 bits per heavy atom. The summed E-state index contributed by atoms with van der Waals surface area (Å²) in [6, 6.07) is 3.45. The Bertz CT molecular complexity index is 2120. The summed E-state index contributed by atoms with van der Waals surface area (Å²) in [5.41, 5.74) is 0.837. The van der Waals surface area contributed by atoms with Crippen LogP contribution in [0.25, 0.3) is 11.1 Å². The van der Waals surface area contributed by atoms with Gasteiger partial charge in [0.1, 0.15) is 29.6 Å². The zero-order valence-corrected chi connectivity index (χ0v) is 41.4. The minimum atomic E-state index is -1.36. The highest BCUT2D eigenvalue weighted by Crippen LogP contribution is 2.39. The maximum Gasteiger partial charge on any atom is 0.245 e. The zero-order chi connectivity index (χ0) is 51.2. The van der Waals surface area contributed by atoms with Crippen LogP contribution in [0.3, 0.4) is 0 Å². The summed E-state index contributed by atoms with van der Waals surface area (Å²) in [5, 5.41) is 39.6. The number of aliphatic hydroxyl groups is 1. The molecule has 0 aromatic heterocycles. The molecular formula is C52H75N5O12. The van der Waals surface area contributed by atoms with Crippen LogP contribution in [0.15, 0.2) is 36.4 Å². The number of ketones is 4. The SMILES string of the molecule is CCCCCCCCCCCCCCCC(=O)N(C)[C@H](CO)C(=O)N[C@H](C)C(=O)CCC(=O)N(C)[C@@H]1C(=O)C[C@@H](C)C(=O)N[C@H](C(=O)NCC(=O)C(C)=O)Cc2ccc(O)c(c2)-c2cc1ccc2O. The highest BCUT2D eigenvalue weighted by Gasteiger charge is 2.34. The Morgan fingerprint density at radius 2 is 1.32 bits per heavy atom. The van der Waals surface area contributed by atoms with Crippen LogP contribution in [0.1, 0.15) is 154 Å². The predicted octanol–water partition coefficient (Wildman–Crippen LogP) is 5.33. The molecule has 17 heteroatoms. The number of phenols is 2. The standard InChI is InChI=1S/C52H75N5O12/c1-7-8-9-10-11-12-13-14-15-16-17-18-19-20-47(65)56(5)41(32-58)52(69)54-34(3)42(60)25-26-48(66)57(6)49-37-22-24-44(62)39(30-37)38-28-36(21-23-43(38)61)29-40(51(68)53-31-46(64)35(4)59)55-50(67)33(2)27-45(49)63/h21-24,28,30,33-34,40-41,49,58,61-62H,7-20,25-27,29,31-32H2,1-6H3,(H,53,68)(H,54,69)(H,55,67)/t33-,34-,40+,41-,49+/m1/s1. The van der Waals surface area contributed by atoms with Crippen molar-refractivity contribution < 1.29 is 58.5 Å². The van der Waals surface area contributed by atoms with Gasteiger partial charge in [0, 0.05) is 70.2 Å². The molecule has 3 rings (SSSR count). The lowest BCUT2D eigenvalue weighted by Crippen LogP contribution is -2.53. The van der Waals surface area contributed by atoms with E-state index in [4.69, 9.17) is 0 Å². The van der Waals surface area contributed by atoms with Crippen molar-refractivity contribution in [2.75, 3.05) is 27.2 Å². The number of likely N-dealkylation sites (N-methyl/N-ethyl adjacent to an activating group) is 2. The molecule has 1 heterocycles. The van der Waals surface area contributed by atoms with Crippen molar-refractivity contribution in [3.8, 4) is 22.6 Å². The lowest BCUT2D eigenvalue weighted by atomic mass is 9.89. The Kier molecular flexibility index (Phi) is 24.2. The third kappa shape index (κ3) is 18.1. The molecular weight excluding hydrogens is 887 g/mol. The van der Waals surface area contributed by atoms with Gasteiger partial charge >= 0.3 is 0 Å². The van der Waals surface area contributed by atoms with Crippen LogP contribution < -0.4 is 16.0 Å². The zero-order valence-electron chi connectivity index (χ0n) is 41.4. The van der Waals surface area contributed by atoms with E-state index in [1.54, 1.807) is 0 Å². The van der Waals surface area contributed by atoms with Gasteiger partial charge in [-0.2, -0.15) is 0 Å². The number of hydrogen-bond acceptors (Lipinski definition) is 12. The van der Waals surface area contributed by atoms with Gasteiger partial charge in [0.2, 0.25) is 35.3 Å². The van der Waals surface area contributed by atoms with Crippen molar-refractivity contribution >= 4 is 52.7 Å². The number of carbonyl (C=O) groups is 9. The van der Waals surface area contributed by atoms with Crippen LogP contribution in [0.4, 0.5) is 0 Å². The van der Waals surface area contributed by atoms with Crippen molar-refractivity contribution in [3.05, 3.63) is 47.5 Å². The Labute approximate surface area is 406 Å². The molecule has 5 atom stereocenters. The first kappa shape index (κ1) is 57.3. The molecule has 6 N–H and O–H groups in total. The number of Topliss-reactive ketones (excluding diaryl/α,β-unsaturated/α-hetero) is 4. The van der Waals surface area contributed by atoms with Crippen LogP contribution >= 0.6 is 0 Å². The van der Waals surface area contributed by atoms with Crippen molar-refractivity contribution in [3.63, 3.8) is 0 Å². The number of aliphatic hydroxyl groups excluding tert-OH is 1. The number of benzene rings is 2. The first-order valence-corrected chi connectivity index (χ1v) is 24.6. The summed E-state index contributed by atoms with van der Waals surface area (Å²) in [6.45, 7) is 4.88. The van der Waals surface area contributed by atoms with Gasteiger partial charge in [-0.05, 0) is 48.7 Å². The fourth-order valence-corrected chi connectivity index (χ4v) is 8.35. The molecule has 1 aliphatic rings. The number of amides is 5. The maximum absolute atomic E-state index is 14.2. The summed E-state index contributed by atoms with van der Waals surface area (Å²) in [6.07, 6.45) is 14.0. The van der Waals surface area contributed by atoms with Gasteiger partial charge in [0.25, 0.3) is 0 Å². The van der Waals surface area contributed by atoms with E-state index < -0.39 is 103 Å². The van der Waals surface area contributed by atoms with E-state index in [9.17, 15) is 58.5 Å². The van der Waals surface area contributed by atoms with E-state index in [1.807, 2.05) is 0 Å². The molecule has 0 aliphatic carbocycles. The van der Waals surface area contributed by atoms with Gasteiger partial charge in [-0.1, -0.05) is 103 Å². The molecule has 5 amide bonds. The molecule has 380 valence electrons. The smallest absolute Gasteiger partial charge is 0.245 e. The lowest BCUT2D eigenvalue weighted by Gasteiger charge is -2.30. The fourth-order valence-electron chi connectivity index (χ4n) is 8.35. The van der Waals surface area contributed by atoms with Crippen LogP contribution in [0.5, 0.6) is 11.5 Å². The molecule has 0 radical (unpaired) electrons. The second-order valence-corrected chi connectivity index (χ2v) is 18.5. The Balaban J connectivity index is 1.65. The Morgan fingerprint density at radius 1 is 0.754 bits per heavy atom. The summed E-state index contributed by atoms with van der Waals surface area (Å²) >= 11 is 0. The minimum Gasteiger partial charge on any atom is -0.507 e. The monoisotopic (exact) mass is 962 g/mol. The quantitative estimate of drug-likeness (QED) is 0.0491. The molecule has 0 saturated heterocycles. The van der Waals surface area contributed by atoms with E-state index in [-0.39, 0.29) is 53.4 Å². The normalized spacial score (nSPS) is 16.8. The number of carbonyl (C=O) groups excluding carboxylic acids is 9. The van der Waals surface area contributed by atoms with Crippen molar-refractivity contribution in [1.82, 2.24) is 25.8 Å². The van der Waals surface area contributed by atoms with Crippen LogP contribution in [0, 0.1) is 5.92 Å². The number of phenolic OH excluding ortho intramolecular Hbond substituents is 2. The number of rotatable bonds is 27. The number of aromatic hydroxyl groups is 2. The Hall–Kier alpha value is -5.97. The molecule has 69 heavy (non-hydrogen) atoms. The van der Waals surface area contributed by atoms with E-state index in [2.05, 4.69) is 22.9 Å². The first-order valence-electron chi connectivity index (χ1n) is 24.6. The maximum atomic E-state index is 14.2. The van der Waals surface area contributed by atoms with Crippen molar-refractivity contribution in [2.24, 2.45) is 5.92 Å². The van der Waals surface area contributed by atoms with Gasteiger partial charge in [-0.25, -0.2) is 0 Å². The number of fused-ring (bicyclic) bond motifs is 5. The first-order chi connectivity index (χ1) is 32.8. The van der Waals surface area contributed by atoms with Crippen molar-refractivity contribution in [2.45, 2.75) is 167 Å². The van der Waals surface area contributed by atoms with Crippen LogP contribution in [0.2, 0.25) is 0 Å². The molecule has 0 fully saturated rings. The average Bonchev–Trinajstić information content (AvgIpc) is 3.31. The van der Waals surface area contributed by atoms with Crippen LogP contribution in [-0.4, -0.2) is 123 Å². The average molecular weight is 962 g/mol. The van der Waals surface area contributed by atoms with Gasteiger partial charge < -0.3 is 41.1 Å². The molecule has 2 aromatic rings. The fraction of sp³-hybridized carbons (Fsp3) is 0.596. The number of nitrogens with one attached hydrogen (secondary N) is 3. The van der Waals surface area contributed by atoms with Crippen LogP contribution in [-0.2, 0) is 49.6 Å². The summed E-state index contributed by atoms with van der Waals surface area (Å²) < 4.78 is 0. The molecule has 0 saturated carbocycles.